The average molecular weight is 362 g/mol. The van der Waals surface area contributed by atoms with Crippen LogP contribution in [0.3, 0.4) is 0 Å². The minimum absolute atomic E-state index is 0.352. The first-order chi connectivity index (χ1) is 13.1. The molecule has 0 unspecified atom stereocenters. The van der Waals surface area contributed by atoms with E-state index in [-0.39, 0.29) is 0 Å². The smallest absolute Gasteiger partial charge is 0.335 e. The molecule has 0 heterocycles. The predicted octanol–water partition coefficient (Wildman–Crippen LogP) is 4.57. The van der Waals surface area contributed by atoms with Crippen LogP contribution in [0.15, 0.2) is 67.8 Å². The largest absolute Gasteiger partial charge is 0.494 e. The Hall–Kier alpha value is -3.60. The highest BCUT2D eigenvalue weighted by molar-refractivity contribution is 6.13. The lowest BCUT2D eigenvalue weighted by molar-refractivity contribution is -0.129. The first kappa shape index (κ1) is 18.2. The molecule has 0 aliphatic heterocycles. The van der Waals surface area contributed by atoms with Crippen molar-refractivity contribution in [3.8, 4) is 17.2 Å². The Morgan fingerprint density at radius 3 is 1.89 bits per heavy atom. The lowest BCUT2D eigenvalue weighted by Gasteiger charge is -2.16. The molecular formula is C22H18O5. The summed E-state index contributed by atoms with van der Waals surface area (Å²) in [5, 5.41) is 2.46. The summed E-state index contributed by atoms with van der Waals surface area (Å²) >= 11 is 0. The lowest BCUT2D eigenvalue weighted by Crippen LogP contribution is -2.07. The molecule has 3 aromatic rings. The van der Waals surface area contributed by atoms with E-state index in [0.29, 0.717) is 45.4 Å². The number of carbonyl (C=O) groups excluding carboxylic acids is 2. The molecule has 3 rings (SSSR count). The second-order valence-electron chi connectivity index (χ2n) is 5.59. The zero-order valence-corrected chi connectivity index (χ0v) is 14.9. The minimum Gasteiger partial charge on any atom is -0.494 e. The fraction of sp³-hybridized carbons (Fsp3) is 0.0909. The minimum atomic E-state index is -0.584. The molecule has 0 bridgehead atoms. The van der Waals surface area contributed by atoms with Crippen LogP contribution in [0.5, 0.6) is 17.2 Å². The molecule has 3 aromatic carbocycles. The van der Waals surface area contributed by atoms with E-state index >= 15 is 0 Å². The van der Waals surface area contributed by atoms with Crippen LogP contribution in [0.1, 0.15) is 6.92 Å². The molecule has 0 spiro atoms. The van der Waals surface area contributed by atoms with E-state index < -0.39 is 11.9 Å². The molecule has 5 heteroatoms. The van der Waals surface area contributed by atoms with Gasteiger partial charge in [0.2, 0.25) is 0 Å². The average Bonchev–Trinajstić information content (AvgIpc) is 2.70. The number of hydrogen-bond donors (Lipinski definition) is 0. The highest BCUT2D eigenvalue weighted by atomic mass is 16.5. The zero-order chi connectivity index (χ0) is 19.4. The van der Waals surface area contributed by atoms with Gasteiger partial charge in [-0.2, -0.15) is 0 Å². The Bertz CT molecular complexity index is 1070. The Morgan fingerprint density at radius 1 is 0.852 bits per heavy atom. The van der Waals surface area contributed by atoms with Gasteiger partial charge < -0.3 is 14.2 Å². The zero-order valence-electron chi connectivity index (χ0n) is 14.9. The standard InChI is InChI=1S/C22H18O5/c1-4-19(23)26-21-15-9-7-8-10-16(15)22(27-20(24)5-2)18-13-14(25-6-3)11-12-17(18)21/h4-5,7-13H,1-2,6H2,3H3. The van der Waals surface area contributed by atoms with Gasteiger partial charge in [0.05, 0.1) is 6.61 Å². The Morgan fingerprint density at radius 2 is 1.37 bits per heavy atom. The van der Waals surface area contributed by atoms with Crippen molar-refractivity contribution in [2.45, 2.75) is 6.92 Å². The van der Waals surface area contributed by atoms with Gasteiger partial charge in [0.25, 0.3) is 0 Å². The van der Waals surface area contributed by atoms with Crippen LogP contribution in [0, 0.1) is 0 Å². The number of fused-ring (bicyclic) bond motifs is 2. The van der Waals surface area contributed by atoms with E-state index in [2.05, 4.69) is 13.2 Å². The summed E-state index contributed by atoms with van der Waals surface area (Å²) in [4.78, 5) is 23.8. The van der Waals surface area contributed by atoms with E-state index in [1.165, 1.54) is 0 Å². The maximum Gasteiger partial charge on any atom is 0.335 e. The van der Waals surface area contributed by atoms with Crippen LogP contribution in [-0.2, 0) is 9.59 Å². The van der Waals surface area contributed by atoms with E-state index in [9.17, 15) is 9.59 Å². The molecule has 0 saturated heterocycles. The molecule has 0 atom stereocenters. The van der Waals surface area contributed by atoms with E-state index in [1.807, 2.05) is 19.1 Å². The number of hydrogen-bond acceptors (Lipinski definition) is 5. The van der Waals surface area contributed by atoms with Gasteiger partial charge in [0.15, 0.2) is 0 Å². The van der Waals surface area contributed by atoms with Gasteiger partial charge in [-0.1, -0.05) is 37.4 Å². The molecule has 0 amide bonds. The van der Waals surface area contributed by atoms with Gasteiger partial charge in [-0.25, -0.2) is 9.59 Å². The SMILES string of the molecule is C=CC(=O)Oc1c2ccccc2c(OC(=O)C=C)c2cc(OCC)ccc12. The van der Waals surface area contributed by atoms with Crippen molar-refractivity contribution < 1.29 is 23.8 Å². The fourth-order valence-corrected chi connectivity index (χ4v) is 2.84. The molecule has 0 aliphatic rings. The van der Waals surface area contributed by atoms with Gasteiger partial charge >= 0.3 is 11.9 Å². The maximum atomic E-state index is 11.9. The first-order valence-corrected chi connectivity index (χ1v) is 8.38. The van der Waals surface area contributed by atoms with Gasteiger partial charge in [-0.05, 0) is 25.1 Å². The maximum absolute atomic E-state index is 11.9. The summed E-state index contributed by atoms with van der Waals surface area (Å²) in [6.07, 6.45) is 2.19. The third kappa shape index (κ3) is 3.53. The van der Waals surface area contributed by atoms with Crippen molar-refractivity contribution in [2.24, 2.45) is 0 Å². The number of esters is 2. The summed E-state index contributed by atoms with van der Waals surface area (Å²) in [7, 11) is 0. The van der Waals surface area contributed by atoms with Crippen molar-refractivity contribution in [3.05, 3.63) is 67.8 Å². The third-order valence-electron chi connectivity index (χ3n) is 3.95. The number of benzene rings is 3. The van der Waals surface area contributed by atoms with Gasteiger partial charge in [0, 0.05) is 33.7 Å². The topological polar surface area (TPSA) is 61.8 Å². The van der Waals surface area contributed by atoms with Crippen LogP contribution in [0.2, 0.25) is 0 Å². The monoisotopic (exact) mass is 362 g/mol. The number of rotatable bonds is 6. The quantitative estimate of drug-likeness (QED) is 0.278. The summed E-state index contributed by atoms with van der Waals surface area (Å²) in [5.41, 5.74) is 0. The predicted molar refractivity (Wildman–Crippen MR) is 104 cm³/mol. The van der Waals surface area contributed by atoms with Crippen molar-refractivity contribution in [3.63, 3.8) is 0 Å². The number of carbonyl (C=O) groups is 2. The van der Waals surface area contributed by atoms with Crippen molar-refractivity contribution in [1.82, 2.24) is 0 Å². The lowest BCUT2D eigenvalue weighted by atomic mass is 10.00. The number of ether oxygens (including phenoxy) is 3. The van der Waals surface area contributed by atoms with Crippen LogP contribution >= 0.6 is 0 Å². The molecular weight excluding hydrogens is 344 g/mol. The van der Waals surface area contributed by atoms with Crippen LogP contribution in [-0.4, -0.2) is 18.5 Å². The molecule has 0 fully saturated rings. The first-order valence-electron chi connectivity index (χ1n) is 8.38. The van der Waals surface area contributed by atoms with Gasteiger partial charge in [-0.3, -0.25) is 0 Å². The summed E-state index contributed by atoms with van der Waals surface area (Å²) in [6.45, 7) is 9.26. The molecule has 136 valence electrons. The summed E-state index contributed by atoms with van der Waals surface area (Å²) in [6, 6.07) is 12.5. The molecule has 0 N–H and O–H groups in total. The third-order valence-corrected chi connectivity index (χ3v) is 3.95. The molecule has 0 aliphatic carbocycles. The fourth-order valence-electron chi connectivity index (χ4n) is 2.84. The highest BCUT2D eigenvalue weighted by Crippen LogP contribution is 2.44. The summed E-state index contributed by atoms with van der Waals surface area (Å²) in [5.74, 6) is 0.167. The van der Waals surface area contributed by atoms with Crippen LogP contribution < -0.4 is 14.2 Å². The van der Waals surface area contributed by atoms with Crippen molar-refractivity contribution >= 4 is 33.5 Å². The van der Waals surface area contributed by atoms with Crippen molar-refractivity contribution in [2.75, 3.05) is 6.61 Å². The van der Waals surface area contributed by atoms with Gasteiger partial charge in [0.1, 0.15) is 17.2 Å². The van der Waals surface area contributed by atoms with Crippen LogP contribution in [0.4, 0.5) is 0 Å². The Kier molecular flexibility index (Phi) is 5.22. The normalized spacial score (nSPS) is 10.4. The second-order valence-corrected chi connectivity index (χ2v) is 5.59. The molecule has 5 nitrogen and oxygen atoms in total. The Labute approximate surface area is 156 Å². The van der Waals surface area contributed by atoms with Gasteiger partial charge in [-0.15, -0.1) is 0 Å². The molecule has 0 radical (unpaired) electrons. The van der Waals surface area contributed by atoms with E-state index in [0.717, 1.165) is 12.2 Å². The Balaban J connectivity index is 2.40. The van der Waals surface area contributed by atoms with Crippen LogP contribution in [0.25, 0.3) is 21.5 Å². The van der Waals surface area contributed by atoms with E-state index in [1.54, 1.807) is 30.3 Å². The highest BCUT2D eigenvalue weighted by Gasteiger charge is 2.19. The second kappa shape index (κ2) is 7.74. The summed E-state index contributed by atoms with van der Waals surface area (Å²) < 4.78 is 16.6. The molecule has 0 saturated carbocycles. The molecule has 27 heavy (non-hydrogen) atoms. The van der Waals surface area contributed by atoms with E-state index in [4.69, 9.17) is 14.2 Å². The van der Waals surface area contributed by atoms with Crippen molar-refractivity contribution in [1.29, 1.82) is 0 Å². The molecule has 0 aromatic heterocycles.